The molecule has 0 radical (unpaired) electrons. The van der Waals surface area contributed by atoms with Gasteiger partial charge in [-0.15, -0.1) is 5.73 Å². The molecule has 2 heterocycles. The van der Waals surface area contributed by atoms with Crippen LogP contribution in [0.15, 0.2) is 41.2 Å². The number of ether oxygens (including phenoxy) is 1. The van der Waals surface area contributed by atoms with Gasteiger partial charge in [0, 0.05) is 24.2 Å². The number of fused-ring (bicyclic) bond motifs is 1. The lowest BCUT2D eigenvalue weighted by Crippen LogP contribution is -2.49. The Balaban J connectivity index is 1.88. The van der Waals surface area contributed by atoms with Crippen LogP contribution >= 0.6 is 0 Å². The zero-order valence-electron chi connectivity index (χ0n) is 11.4. The lowest BCUT2D eigenvalue weighted by molar-refractivity contribution is -0.0393. The summed E-state index contributed by atoms with van der Waals surface area (Å²) in [5, 5.41) is 7.73. The maximum Gasteiger partial charge on any atom is 0.104 e. The van der Waals surface area contributed by atoms with Gasteiger partial charge in [0.25, 0.3) is 0 Å². The molecule has 3 heteroatoms. The maximum absolute atomic E-state index is 7.73. The molecule has 1 N–H and O–H groups in total. The molecule has 0 unspecified atom stereocenters. The van der Waals surface area contributed by atoms with Crippen LogP contribution in [0, 0.1) is 5.41 Å². The molecule has 0 aromatic carbocycles. The molecule has 100 valence electrons. The van der Waals surface area contributed by atoms with Crippen molar-refractivity contribution in [2.45, 2.75) is 31.8 Å². The van der Waals surface area contributed by atoms with Gasteiger partial charge in [-0.05, 0) is 26.2 Å². The van der Waals surface area contributed by atoms with Crippen molar-refractivity contribution in [2.24, 2.45) is 0 Å². The second kappa shape index (κ2) is 4.84. The maximum atomic E-state index is 7.73. The van der Waals surface area contributed by atoms with Crippen molar-refractivity contribution in [3.8, 4) is 0 Å². The van der Waals surface area contributed by atoms with Crippen LogP contribution in [0.4, 0.5) is 0 Å². The molecule has 3 rings (SSSR count). The molecule has 3 nitrogen and oxygen atoms in total. The summed E-state index contributed by atoms with van der Waals surface area (Å²) in [7, 11) is 0. The summed E-state index contributed by atoms with van der Waals surface area (Å²) in [6, 6.07) is 0. The quantitative estimate of drug-likeness (QED) is 0.411. The molecule has 0 amide bonds. The number of rotatable bonds is 0. The van der Waals surface area contributed by atoms with Crippen molar-refractivity contribution < 1.29 is 4.74 Å². The van der Waals surface area contributed by atoms with Crippen LogP contribution in [-0.4, -0.2) is 36.0 Å². The summed E-state index contributed by atoms with van der Waals surface area (Å²) in [4.78, 5) is 2.13. The Morgan fingerprint density at radius 2 is 2.05 bits per heavy atom. The summed E-state index contributed by atoms with van der Waals surface area (Å²) in [5.41, 5.74) is 5.70. The Kier molecular flexibility index (Phi) is 3.17. The van der Waals surface area contributed by atoms with Gasteiger partial charge in [0.1, 0.15) is 5.60 Å². The molecule has 1 spiro atoms. The smallest absolute Gasteiger partial charge is 0.104 e. The molecule has 1 fully saturated rings. The lowest BCUT2D eigenvalue weighted by atomic mass is 9.81. The Hall–Kier alpha value is -1.57. The number of likely N-dealkylation sites (tertiary alicyclic amines) is 1. The van der Waals surface area contributed by atoms with Crippen LogP contribution in [0.2, 0.25) is 0 Å². The Labute approximate surface area is 114 Å². The molecule has 3 aliphatic rings. The van der Waals surface area contributed by atoms with Gasteiger partial charge < -0.3 is 9.64 Å². The van der Waals surface area contributed by atoms with Gasteiger partial charge in [-0.3, -0.25) is 5.41 Å². The predicted octanol–water partition coefficient (Wildman–Crippen LogP) is 2.82. The molecule has 19 heavy (non-hydrogen) atoms. The minimum atomic E-state index is -0.170. The largest absolute Gasteiger partial charge is 0.364 e. The molecule has 2 bridgehead atoms. The highest BCUT2D eigenvalue weighted by Crippen LogP contribution is 2.37. The summed E-state index contributed by atoms with van der Waals surface area (Å²) < 4.78 is 6.20. The number of amidine groups is 1. The SMILES string of the molecule is CC(=N)N1CCC2(CC1)OCC1=C=C2/C=C\C/C=C\1. The van der Waals surface area contributed by atoms with E-state index in [1.165, 1.54) is 5.57 Å². The first-order valence-electron chi connectivity index (χ1n) is 6.97. The Morgan fingerprint density at radius 1 is 1.32 bits per heavy atom. The van der Waals surface area contributed by atoms with Crippen molar-refractivity contribution in [2.75, 3.05) is 19.7 Å². The third-order valence-electron chi connectivity index (χ3n) is 4.21. The molecule has 0 aromatic rings. The lowest BCUT2D eigenvalue weighted by Gasteiger charge is -2.43. The fourth-order valence-corrected chi connectivity index (χ4v) is 2.99. The van der Waals surface area contributed by atoms with Crippen molar-refractivity contribution in [3.63, 3.8) is 0 Å². The summed E-state index contributed by atoms with van der Waals surface area (Å²) >= 11 is 0. The van der Waals surface area contributed by atoms with Gasteiger partial charge in [0.2, 0.25) is 0 Å². The second-order valence-corrected chi connectivity index (χ2v) is 5.46. The Bertz CT molecular complexity index is 513. The summed E-state index contributed by atoms with van der Waals surface area (Å²) in [5.74, 6) is 0.659. The van der Waals surface area contributed by atoms with E-state index in [4.69, 9.17) is 10.1 Å². The summed E-state index contributed by atoms with van der Waals surface area (Å²) in [6.45, 7) is 4.33. The van der Waals surface area contributed by atoms with Crippen LogP contribution in [0.5, 0.6) is 0 Å². The fraction of sp³-hybridized carbons (Fsp3) is 0.500. The molecular weight excluding hydrogens is 236 g/mol. The molecule has 1 aliphatic carbocycles. The van der Waals surface area contributed by atoms with Gasteiger partial charge in [-0.2, -0.15) is 0 Å². The van der Waals surface area contributed by atoms with E-state index < -0.39 is 0 Å². The van der Waals surface area contributed by atoms with Crippen molar-refractivity contribution in [1.82, 2.24) is 4.90 Å². The molecule has 1 saturated heterocycles. The molecule has 0 atom stereocenters. The van der Waals surface area contributed by atoms with Gasteiger partial charge in [0.15, 0.2) is 0 Å². The number of nitrogens with one attached hydrogen (secondary N) is 1. The normalized spacial score (nSPS) is 27.9. The number of allylic oxidation sites excluding steroid dienone is 2. The van der Waals surface area contributed by atoms with Crippen LogP contribution in [0.25, 0.3) is 0 Å². The monoisotopic (exact) mass is 256 g/mol. The van der Waals surface area contributed by atoms with Crippen LogP contribution < -0.4 is 0 Å². The van der Waals surface area contributed by atoms with Gasteiger partial charge in [-0.25, -0.2) is 0 Å². The van der Waals surface area contributed by atoms with E-state index in [1.807, 2.05) is 6.92 Å². The topological polar surface area (TPSA) is 36.3 Å². The Morgan fingerprint density at radius 3 is 2.79 bits per heavy atom. The predicted molar refractivity (Wildman–Crippen MR) is 76.3 cm³/mol. The third kappa shape index (κ3) is 2.32. The zero-order chi connectivity index (χ0) is 13.3. The van der Waals surface area contributed by atoms with E-state index in [9.17, 15) is 0 Å². The van der Waals surface area contributed by atoms with E-state index >= 15 is 0 Å². The van der Waals surface area contributed by atoms with Crippen LogP contribution in [-0.2, 0) is 4.74 Å². The van der Waals surface area contributed by atoms with E-state index in [2.05, 4.69) is 34.9 Å². The summed E-state index contributed by atoms with van der Waals surface area (Å²) in [6.07, 6.45) is 11.5. The van der Waals surface area contributed by atoms with E-state index in [1.54, 1.807) is 0 Å². The standard InChI is InChI=1S/C16H20N2O/c1-13(17)18-9-7-16(8-10-18)15-6-4-2-3-5-14(11-15)12-19-16/h3-6,17H,2,7-10,12H2,1H3/b5-3-,6-4-,17-13?. The van der Waals surface area contributed by atoms with Crippen LogP contribution in [0.3, 0.4) is 0 Å². The third-order valence-corrected chi connectivity index (χ3v) is 4.21. The number of nitrogens with zero attached hydrogens (tertiary/aromatic N) is 1. The molecule has 0 saturated carbocycles. The molecular formula is C16H20N2O. The highest BCUT2D eigenvalue weighted by Gasteiger charge is 2.40. The first-order chi connectivity index (χ1) is 9.20. The first kappa shape index (κ1) is 12.5. The zero-order valence-corrected chi connectivity index (χ0v) is 11.4. The molecule has 2 aliphatic heterocycles. The van der Waals surface area contributed by atoms with Crippen molar-refractivity contribution in [3.05, 3.63) is 41.2 Å². The van der Waals surface area contributed by atoms with Crippen molar-refractivity contribution in [1.29, 1.82) is 5.41 Å². The minimum Gasteiger partial charge on any atom is -0.364 e. The van der Waals surface area contributed by atoms with E-state index in [0.717, 1.165) is 37.9 Å². The minimum absolute atomic E-state index is 0.170. The molecule has 0 aromatic heterocycles. The fourth-order valence-electron chi connectivity index (χ4n) is 2.99. The van der Waals surface area contributed by atoms with Crippen molar-refractivity contribution >= 4 is 5.84 Å². The highest BCUT2D eigenvalue weighted by atomic mass is 16.5. The average Bonchev–Trinajstić information content (AvgIpc) is 2.38. The van der Waals surface area contributed by atoms with Gasteiger partial charge in [0.05, 0.1) is 12.4 Å². The first-order valence-corrected chi connectivity index (χ1v) is 6.97. The van der Waals surface area contributed by atoms with E-state index in [0.29, 0.717) is 12.4 Å². The number of hydrogen-bond acceptors (Lipinski definition) is 2. The second-order valence-electron chi connectivity index (χ2n) is 5.46. The average molecular weight is 256 g/mol. The number of hydrogen-bond donors (Lipinski definition) is 1. The highest BCUT2D eigenvalue weighted by molar-refractivity contribution is 5.76. The van der Waals surface area contributed by atoms with Gasteiger partial charge in [-0.1, -0.05) is 24.3 Å². The van der Waals surface area contributed by atoms with Crippen LogP contribution in [0.1, 0.15) is 26.2 Å². The van der Waals surface area contributed by atoms with E-state index in [-0.39, 0.29) is 5.60 Å². The van der Waals surface area contributed by atoms with Gasteiger partial charge >= 0.3 is 0 Å². The number of piperidine rings is 1.